The molecule has 4 N–H and O–H groups in total. The third-order valence-electron chi connectivity index (χ3n) is 4.64. The molecule has 1 aromatic heterocycles. The third-order valence-corrected chi connectivity index (χ3v) is 7.16. The highest BCUT2D eigenvalue weighted by atomic mass is 32.2. The van der Waals surface area contributed by atoms with E-state index in [1.54, 1.807) is 6.07 Å². The van der Waals surface area contributed by atoms with Crippen LogP contribution < -0.4 is 20.7 Å². The molecule has 1 aromatic carbocycles. The number of anilines is 2. The Bertz CT molecular complexity index is 950. The van der Waals surface area contributed by atoms with Gasteiger partial charge in [-0.15, -0.1) is 11.3 Å². The summed E-state index contributed by atoms with van der Waals surface area (Å²) in [6.45, 7) is 6.33. The van der Waals surface area contributed by atoms with E-state index in [0.29, 0.717) is 10.6 Å². The second-order valence-corrected chi connectivity index (χ2v) is 9.82. The summed E-state index contributed by atoms with van der Waals surface area (Å²) in [7, 11) is -1.58. The number of nitrogens with one attached hydrogen (secondary N) is 2. The lowest BCUT2D eigenvalue weighted by atomic mass is 10.1. The fourth-order valence-corrected chi connectivity index (χ4v) is 4.80. The molecule has 28 heavy (non-hydrogen) atoms. The second-order valence-electron chi connectivity index (χ2n) is 6.87. The van der Waals surface area contributed by atoms with Gasteiger partial charge in [0.1, 0.15) is 4.21 Å². The summed E-state index contributed by atoms with van der Waals surface area (Å²) >= 11 is 1.04. The predicted molar refractivity (Wildman–Crippen MR) is 112 cm³/mol. The van der Waals surface area contributed by atoms with Crippen LogP contribution in [0.2, 0.25) is 0 Å². The number of hydrogen-bond donors (Lipinski definition) is 3. The Hall–Kier alpha value is -2.14. The van der Waals surface area contributed by atoms with Gasteiger partial charge in [-0.2, -0.15) is 0 Å². The molecular weight excluding hydrogens is 398 g/mol. The topological polar surface area (TPSA) is 108 Å². The molecule has 0 unspecified atom stereocenters. The fourth-order valence-electron chi connectivity index (χ4n) is 3.08. The standard InChI is InChI=1S/C18H25N5O3S2/c1-13-11-14(3-5-16(13)23-9-7-22(2)8-10-23)21-18(24)20-12-15-4-6-17(27-15)28(19,25)26/h3-6,11H,7-10,12H2,1-2H3,(H2,19,25,26)(H2,20,21,24). The number of nitrogens with two attached hydrogens (primary N) is 1. The smallest absolute Gasteiger partial charge is 0.319 e. The number of primary sulfonamides is 1. The molecule has 1 saturated heterocycles. The van der Waals surface area contributed by atoms with Crippen LogP contribution in [0.5, 0.6) is 0 Å². The first-order valence-corrected chi connectivity index (χ1v) is 11.3. The first-order chi connectivity index (χ1) is 13.2. The van der Waals surface area contributed by atoms with Crippen molar-refractivity contribution in [2.45, 2.75) is 17.7 Å². The van der Waals surface area contributed by atoms with Gasteiger partial charge >= 0.3 is 6.03 Å². The lowest BCUT2D eigenvalue weighted by Gasteiger charge is -2.35. The van der Waals surface area contributed by atoms with Crippen LogP contribution in [-0.2, 0) is 16.6 Å². The van der Waals surface area contributed by atoms with Crippen LogP contribution in [0.25, 0.3) is 0 Å². The zero-order chi connectivity index (χ0) is 20.3. The molecule has 152 valence electrons. The molecule has 1 aliphatic rings. The van der Waals surface area contributed by atoms with Gasteiger partial charge in [-0.1, -0.05) is 0 Å². The first kappa shape index (κ1) is 20.6. The molecule has 2 amide bonds. The van der Waals surface area contributed by atoms with Crippen LogP contribution in [0.4, 0.5) is 16.2 Å². The van der Waals surface area contributed by atoms with Crippen molar-refractivity contribution in [2.24, 2.45) is 5.14 Å². The second kappa shape index (κ2) is 8.48. The highest BCUT2D eigenvalue weighted by Gasteiger charge is 2.16. The lowest BCUT2D eigenvalue weighted by Crippen LogP contribution is -2.44. The van der Waals surface area contributed by atoms with Gasteiger partial charge < -0.3 is 20.4 Å². The summed E-state index contributed by atoms with van der Waals surface area (Å²) < 4.78 is 22.7. The largest absolute Gasteiger partial charge is 0.369 e. The molecule has 2 aromatic rings. The van der Waals surface area contributed by atoms with E-state index in [1.807, 2.05) is 25.1 Å². The van der Waals surface area contributed by atoms with E-state index in [4.69, 9.17) is 5.14 Å². The van der Waals surface area contributed by atoms with Crippen molar-refractivity contribution in [2.75, 3.05) is 43.4 Å². The number of nitrogens with zero attached hydrogens (tertiary/aromatic N) is 2. The summed E-state index contributed by atoms with van der Waals surface area (Å²) in [5, 5.41) is 10.6. The van der Waals surface area contributed by atoms with Crippen molar-refractivity contribution in [3.8, 4) is 0 Å². The van der Waals surface area contributed by atoms with Crippen molar-refractivity contribution < 1.29 is 13.2 Å². The molecule has 0 aliphatic carbocycles. The molecule has 0 saturated carbocycles. The molecule has 10 heteroatoms. The van der Waals surface area contributed by atoms with Gasteiger partial charge in [-0.05, 0) is 49.9 Å². The molecule has 0 atom stereocenters. The number of piperazine rings is 1. The van der Waals surface area contributed by atoms with E-state index in [9.17, 15) is 13.2 Å². The van der Waals surface area contributed by atoms with Crippen molar-refractivity contribution in [1.82, 2.24) is 10.2 Å². The van der Waals surface area contributed by atoms with Gasteiger partial charge in [-0.3, -0.25) is 0 Å². The van der Waals surface area contributed by atoms with E-state index >= 15 is 0 Å². The Morgan fingerprint density at radius 2 is 1.89 bits per heavy atom. The molecule has 8 nitrogen and oxygen atoms in total. The van der Waals surface area contributed by atoms with Crippen LogP contribution in [-0.4, -0.2) is 52.6 Å². The molecule has 1 fully saturated rings. The molecule has 2 heterocycles. The first-order valence-electron chi connectivity index (χ1n) is 8.93. The number of carbonyl (C=O) groups is 1. The van der Waals surface area contributed by atoms with Crippen LogP contribution in [0.3, 0.4) is 0 Å². The molecule has 0 spiro atoms. The van der Waals surface area contributed by atoms with Crippen LogP contribution >= 0.6 is 11.3 Å². The summed E-state index contributed by atoms with van der Waals surface area (Å²) in [4.78, 5) is 17.5. The van der Waals surface area contributed by atoms with Crippen molar-refractivity contribution in [3.63, 3.8) is 0 Å². The minimum absolute atomic E-state index is 0.0832. The Balaban J connectivity index is 1.55. The van der Waals surface area contributed by atoms with Crippen molar-refractivity contribution in [3.05, 3.63) is 40.8 Å². The fraction of sp³-hybridized carbons (Fsp3) is 0.389. The number of thiophene rings is 1. The third kappa shape index (κ3) is 5.22. The summed E-state index contributed by atoms with van der Waals surface area (Å²) in [6.07, 6.45) is 0. The average Bonchev–Trinajstić information content (AvgIpc) is 3.11. The summed E-state index contributed by atoms with van der Waals surface area (Å²) in [5.74, 6) is 0. The van der Waals surface area contributed by atoms with Gasteiger partial charge in [-0.25, -0.2) is 18.4 Å². The Morgan fingerprint density at radius 3 is 2.50 bits per heavy atom. The zero-order valence-corrected chi connectivity index (χ0v) is 17.6. The number of benzene rings is 1. The Morgan fingerprint density at radius 1 is 1.18 bits per heavy atom. The number of amides is 2. The zero-order valence-electron chi connectivity index (χ0n) is 15.9. The molecule has 1 aliphatic heterocycles. The highest BCUT2D eigenvalue weighted by Crippen LogP contribution is 2.25. The van der Waals surface area contributed by atoms with E-state index in [1.165, 1.54) is 11.8 Å². The van der Waals surface area contributed by atoms with Crippen molar-refractivity contribution >= 4 is 38.8 Å². The van der Waals surface area contributed by atoms with Gasteiger partial charge in [0.25, 0.3) is 0 Å². The maximum Gasteiger partial charge on any atom is 0.319 e. The maximum absolute atomic E-state index is 12.1. The van der Waals surface area contributed by atoms with Gasteiger partial charge in [0.05, 0.1) is 6.54 Å². The summed E-state index contributed by atoms with van der Waals surface area (Å²) in [6, 6.07) is 8.61. The Labute approximate surface area is 169 Å². The van der Waals surface area contributed by atoms with Crippen LogP contribution in [0, 0.1) is 6.92 Å². The predicted octanol–water partition coefficient (Wildman–Crippen LogP) is 1.78. The molecule has 0 bridgehead atoms. The van der Waals surface area contributed by atoms with E-state index in [2.05, 4.69) is 27.5 Å². The number of aryl methyl sites for hydroxylation is 1. The maximum atomic E-state index is 12.1. The normalized spacial score (nSPS) is 15.5. The Kier molecular flexibility index (Phi) is 6.23. The number of carbonyl (C=O) groups excluding carboxylic acids is 1. The van der Waals surface area contributed by atoms with Crippen LogP contribution in [0.15, 0.2) is 34.5 Å². The molecular formula is C18H25N5O3S2. The van der Waals surface area contributed by atoms with Crippen LogP contribution in [0.1, 0.15) is 10.4 Å². The van der Waals surface area contributed by atoms with Gasteiger partial charge in [0.2, 0.25) is 10.0 Å². The van der Waals surface area contributed by atoms with E-state index in [0.717, 1.165) is 43.1 Å². The van der Waals surface area contributed by atoms with Gasteiger partial charge in [0, 0.05) is 42.4 Å². The number of urea groups is 1. The van der Waals surface area contributed by atoms with E-state index < -0.39 is 10.0 Å². The van der Waals surface area contributed by atoms with Crippen molar-refractivity contribution in [1.29, 1.82) is 0 Å². The van der Waals surface area contributed by atoms with E-state index in [-0.39, 0.29) is 16.8 Å². The molecule has 0 radical (unpaired) electrons. The lowest BCUT2D eigenvalue weighted by molar-refractivity contribution is 0.252. The number of likely N-dealkylation sites (N-methyl/N-ethyl adjacent to an activating group) is 1. The quantitative estimate of drug-likeness (QED) is 0.679. The SMILES string of the molecule is Cc1cc(NC(=O)NCc2ccc(S(N)(=O)=O)s2)ccc1N1CCN(C)CC1. The highest BCUT2D eigenvalue weighted by molar-refractivity contribution is 7.91. The minimum Gasteiger partial charge on any atom is -0.369 e. The van der Waals surface area contributed by atoms with Gasteiger partial charge in [0.15, 0.2) is 0 Å². The monoisotopic (exact) mass is 423 g/mol. The minimum atomic E-state index is -3.71. The molecule has 3 rings (SSSR count). The summed E-state index contributed by atoms with van der Waals surface area (Å²) in [5.41, 5.74) is 3.01. The number of sulfonamides is 1. The average molecular weight is 424 g/mol. The number of hydrogen-bond acceptors (Lipinski definition) is 6. The number of rotatable bonds is 5.